The Balaban J connectivity index is 2.21. The summed E-state index contributed by atoms with van der Waals surface area (Å²) in [4.78, 5) is 15.4. The topological polar surface area (TPSA) is 59.3 Å². The van der Waals surface area contributed by atoms with Crippen molar-refractivity contribution in [1.82, 2.24) is 4.98 Å². The Morgan fingerprint density at radius 3 is 2.65 bits per heavy atom. The van der Waals surface area contributed by atoms with Crippen LogP contribution in [0.3, 0.4) is 0 Å². The average Bonchev–Trinajstić information content (AvgIpc) is 2.29. The summed E-state index contributed by atoms with van der Waals surface area (Å²) < 4.78 is 26.0. The van der Waals surface area contributed by atoms with E-state index in [1.54, 1.807) is 11.0 Å². The monoisotopic (exact) mass is 243 g/mol. The van der Waals surface area contributed by atoms with Gasteiger partial charge in [-0.05, 0) is 22.0 Å². The quantitative estimate of drug-likeness (QED) is 0.590. The third-order valence-electron chi connectivity index (χ3n) is 2.77. The highest BCUT2D eigenvalue weighted by molar-refractivity contribution is 5.59. The van der Waals surface area contributed by atoms with E-state index in [1.165, 1.54) is 12.3 Å². The summed E-state index contributed by atoms with van der Waals surface area (Å²) in [6, 6.07) is 3.10. The minimum Gasteiger partial charge on any atom is -0.364 e. The maximum absolute atomic E-state index is 13.0. The Morgan fingerprint density at radius 1 is 1.41 bits per heavy atom. The molecule has 5 nitrogen and oxygen atoms in total. The number of nitro groups is 1. The van der Waals surface area contributed by atoms with Crippen molar-refractivity contribution in [3.8, 4) is 0 Å². The lowest BCUT2D eigenvalue weighted by molar-refractivity contribution is -0.388. The molecule has 92 valence electrons. The average molecular weight is 243 g/mol. The van der Waals surface area contributed by atoms with Crippen molar-refractivity contribution in [2.45, 2.75) is 18.8 Å². The number of alkyl halides is 2. The lowest BCUT2D eigenvalue weighted by Gasteiger charge is -2.32. The van der Waals surface area contributed by atoms with Crippen LogP contribution in [-0.4, -0.2) is 28.9 Å². The van der Waals surface area contributed by atoms with Gasteiger partial charge in [0.1, 0.15) is 11.9 Å². The molecule has 0 spiro atoms. The highest BCUT2D eigenvalue weighted by atomic mass is 19.3. The van der Waals surface area contributed by atoms with Gasteiger partial charge in [-0.3, -0.25) is 0 Å². The Morgan fingerprint density at radius 2 is 2.06 bits per heavy atom. The molecule has 1 fully saturated rings. The molecule has 0 unspecified atom stereocenters. The Bertz CT molecular complexity index is 429. The minimum atomic E-state index is -2.66. The first-order valence-corrected chi connectivity index (χ1v) is 5.22. The molecule has 0 saturated carbocycles. The van der Waals surface area contributed by atoms with Crippen LogP contribution in [0.1, 0.15) is 12.8 Å². The van der Waals surface area contributed by atoms with E-state index >= 15 is 0 Å². The van der Waals surface area contributed by atoms with Gasteiger partial charge in [0, 0.05) is 25.9 Å². The van der Waals surface area contributed by atoms with E-state index in [-0.39, 0.29) is 31.7 Å². The predicted octanol–water partition coefficient (Wildman–Crippen LogP) is 2.23. The molecule has 0 aliphatic carbocycles. The number of pyridine rings is 1. The molecule has 0 bridgehead atoms. The fourth-order valence-electron chi connectivity index (χ4n) is 1.85. The summed E-state index contributed by atoms with van der Waals surface area (Å²) in [6.45, 7) is 0.221. The molecule has 0 radical (unpaired) electrons. The highest BCUT2D eigenvalue weighted by Gasteiger charge is 2.35. The molecule has 1 aromatic rings. The van der Waals surface area contributed by atoms with Gasteiger partial charge in [0.05, 0.1) is 0 Å². The molecule has 2 heterocycles. The molecule has 1 aromatic heterocycles. The number of halogens is 2. The van der Waals surface area contributed by atoms with Gasteiger partial charge in [0.2, 0.25) is 0 Å². The third kappa shape index (κ3) is 2.48. The smallest absolute Gasteiger partial charge is 0.364 e. The zero-order valence-electron chi connectivity index (χ0n) is 8.97. The minimum absolute atomic E-state index is 0.111. The lowest BCUT2D eigenvalue weighted by Crippen LogP contribution is -2.39. The van der Waals surface area contributed by atoms with Crippen molar-refractivity contribution in [1.29, 1.82) is 0 Å². The number of aromatic nitrogens is 1. The number of piperidine rings is 1. The highest BCUT2D eigenvalue weighted by Crippen LogP contribution is 2.33. The third-order valence-corrected chi connectivity index (χ3v) is 2.77. The van der Waals surface area contributed by atoms with E-state index in [0.717, 1.165) is 0 Å². The molecule has 1 saturated heterocycles. The van der Waals surface area contributed by atoms with E-state index in [2.05, 4.69) is 4.98 Å². The summed E-state index contributed by atoms with van der Waals surface area (Å²) in [7, 11) is 0. The summed E-state index contributed by atoms with van der Waals surface area (Å²) in [6.07, 6.45) is 0.762. The molecule has 1 aliphatic rings. The van der Waals surface area contributed by atoms with Crippen LogP contribution in [0, 0.1) is 10.1 Å². The first-order chi connectivity index (χ1) is 7.99. The molecular formula is C10H11F2N3O2. The van der Waals surface area contributed by atoms with Crippen molar-refractivity contribution in [3.63, 3.8) is 0 Å². The van der Waals surface area contributed by atoms with Gasteiger partial charge in [0.25, 0.3) is 5.92 Å². The standard InChI is InChI=1S/C10H11F2N3O2/c11-10(12)3-6-14(7-4-10)8-2-1-5-13-9(8)15(16)17/h1-2,5H,3-4,6-7H2. The van der Waals surface area contributed by atoms with E-state index in [9.17, 15) is 18.9 Å². The van der Waals surface area contributed by atoms with Crippen LogP contribution in [0.15, 0.2) is 18.3 Å². The van der Waals surface area contributed by atoms with Crippen LogP contribution in [0.5, 0.6) is 0 Å². The van der Waals surface area contributed by atoms with Crippen molar-refractivity contribution in [3.05, 3.63) is 28.4 Å². The van der Waals surface area contributed by atoms with Crippen LogP contribution < -0.4 is 4.90 Å². The van der Waals surface area contributed by atoms with Gasteiger partial charge < -0.3 is 15.0 Å². The molecule has 1 aliphatic heterocycles. The van der Waals surface area contributed by atoms with Gasteiger partial charge in [-0.2, -0.15) is 0 Å². The fraction of sp³-hybridized carbons (Fsp3) is 0.500. The van der Waals surface area contributed by atoms with Crippen molar-refractivity contribution in [2.75, 3.05) is 18.0 Å². The fourth-order valence-corrected chi connectivity index (χ4v) is 1.85. The van der Waals surface area contributed by atoms with Crippen LogP contribution in [0.2, 0.25) is 0 Å². The molecule has 0 amide bonds. The summed E-state index contributed by atoms with van der Waals surface area (Å²) in [5, 5.41) is 10.8. The number of hydrogen-bond donors (Lipinski definition) is 0. The molecule has 17 heavy (non-hydrogen) atoms. The van der Waals surface area contributed by atoms with Crippen molar-refractivity contribution in [2.24, 2.45) is 0 Å². The van der Waals surface area contributed by atoms with Gasteiger partial charge >= 0.3 is 5.82 Å². The van der Waals surface area contributed by atoms with Gasteiger partial charge in [0.15, 0.2) is 0 Å². The van der Waals surface area contributed by atoms with Crippen LogP contribution >= 0.6 is 0 Å². The number of anilines is 1. The van der Waals surface area contributed by atoms with Crippen LogP contribution in [0.25, 0.3) is 0 Å². The van der Waals surface area contributed by atoms with Gasteiger partial charge in [-0.15, -0.1) is 0 Å². The van der Waals surface area contributed by atoms with Crippen LogP contribution in [-0.2, 0) is 0 Å². The second-order valence-corrected chi connectivity index (χ2v) is 3.95. The van der Waals surface area contributed by atoms with E-state index in [1.807, 2.05) is 0 Å². The number of nitrogens with zero attached hydrogens (tertiary/aromatic N) is 3. The molecule has 0 aromatic carbocycles. The van der Waals surface area contributed by atoms with Gasteiger partial charge in [-0.25, -0.2) is 8.78 Å². The first-order valence-electron chi connectivity index (χ1n) is 5.22. The van der Waals surface area contributed by atoms with E-state index < -0.39 is 10.8 Å². The van der Waals surface area contributed by atoms with Crippen LogP contribution in [0.4, 0.5) is 20.3 Å². The molecular weight excluding hydrogens is 232 g/mol. The zero-order chi connectivity index (χ0) is 12.5. The summed E-state index contributed by atoms with van der Waals surface area (Å²) >= 11 is 0. The second-order valence-electron chi connectivity index (χ2n) is 3.95. The number of rotatable bonds is 2. The Hall–Kier alpha value is -1.79. The van der Waals surface area contributed by atoms with Gasteiger partial charge in [-0.1, -0.05) is 0 Å². The summed E-state index contributed by atoms with van der Waals surface area (Å²) in [5.41, 5.74) is 0.313. The number of hydrogen-bond acceptors (Lipinski definition) is 4. The zero-order valence-corrected chi connectivity index (χ0v) is 8.97. The molecule has 0 atom stereocenters. The maximum Gasteiger partial charge on any atom is 0.387 e. The molecule has 2 rings (SSSR count). The van der Waals surface area contributed by atoms with Crippen molar-refractivity contribution >= 4 is 11.5 Å². The lowest BCUT2D eigenvalue weighted by atomic mass is 10.1. The first kappa shape index (κ1) is 11.7. The van der Waals surface area contributed by atoms with Crippen molar-refractivity contribution < 1.29 is 13.7 Å². The van der Waals surface area contributed by atoms with E-state index in [4.69, 9.17) is 0 Å². The molecule has 7 heteroatoms. The second kappa shape index (κ2) is 4.23. The largest absolute Gasteiger partial charge is 0.387 e. The summed E-state index contributed by atoms with van der Waals surface area (Å²) in [5.74, 6) is -2.94. The molecule has 0 N–H and O–H groups in total. The SMILES string of the molecule is O=[N+]([O-])c1ncccc1N1CCC(F)(F)CC1. The maximum atomic E-state index is 13.0. The predicted molar refractivity (Wildman–Crippen MR) is 57.3 cm³/mol. The normalized spacial score (nSPS) is 19.1. The van der Waals surface area contributed by atoms with E-state index in [0.29, 0.717) is 5.69 Å². The Kier molecular flexibility index (Phi) is 2.91. The Labute approximate surface area is 96.2 Å².